The predicted octanol–water partition coefficient (Wildman–Crippen LogP) is 20.0. The van der Waals surface area contributed by atoms with Gasteiger partial charge in [0.25, 0.3) is 0 Å². The zero-order chi connectivity index (χ0) is 51.4. The van der Waals surface area contributed by atoms with E-state index >= 15 is 0 Å². The molecule has 2 atom stereocenters. The Balaban J connectivity index is 3.36. The number of allylic oxidation sites excluding steroid dienone is 5. The summed E-state index contributed by atoms with van der Waals surface area (Å²) in [5.74, 6) is -0.0597. The molecule has 418 valence electrons. The van der Waals surface area contributed by atoms with E-state index in [4.69, 9.17) is 4.74 Å². The van der Waals surface area contributed by atoms with E-state index in [1.807, 2.05) is 6.08 Å². The normalized spacial score (nSPS) is 12.8. The fourth-order valence-corrected chi connectivity index (χ4v) is 9.74. The van der Waals surface area contributed by atoms with Crippen molar-refractivity contribution in [2.45, 2.75) is 353 Å². The minimum atomic E-state index is -0.841. The quantitative estimate of drug-likeness (QED) is 0.0321. The van der Waals surface area contributed by atoms with Crippen LogP contribution in [0.1, 0.15) is 341 Å². The largest absolute Gasteiger partial charge is 0.466 e. The van der Waals surface area contributed by atoms with Gasteiger partial charge < -0.3 is 20.3 Å². The molecule has 0 radical (unpaired) electrons. The van der Waals surface area contributed by atoms with E-state index in [2.05, 4.69) is 43.5 Å². The molecule has 6 nitrogen and oxygen atoms in total. The summed E-state index contributed by atoms with van der Waals surface area (Å²) in [6.45, 7) is 4.88. The molecular weight excluding hydrogens is 875 g/mol. The standard InChI is InChI=1S/C65H123NO5/c1-3-5-7-9-11-13-15-16-36-39-43-47-51-55-59-65(70)71-60-56-52-48-44-40-37-34-32-30-28-26-24-22-20-18-17-19-21-23-25-27-29-31-33-35-38-42-46-50-54-58-64(69)66-62(61-67)63(68)57-53-49-45-41-14-12-10-8-6-4-2/h15-16,18,20,53,57,62-63,67-68H,3-14,17,19,21-52,54-56,58-61H2,1-2H3,(H,66,69)/b16-15-,20-18-,57-53+. The highest BCUT2D eigenvalue weighted by atomic mass is 16.5. The number of hydrogen-bond acceptors (Lipinski definition) is 5. The second kappa shape index (κ2) is 60.6. The first kappa shape index (κ1) is 69.1. The molecule has 0 saturated carbocycles. The molecular formula is C65H123NO5. The molecule has 3 N–H and O–H groups in total. The van der Waals surface area contributed by atoms with Gasteiger partial charge in [-0.1, -0.05) is 281 Å². The van der Waals surface area contributed by atoms with Gasteiger partial charge in [0.2, 0.25) is 5.91 Å². The predicted molar refractivity (Wildman–Crippen MR) is 310 cm³/mol. The number of ether oxygens (including phenoxy) is 1. The van der Waals surface area contributed by atoms with Crippen molar-refractivity contribution in [2.24, 2.45) is 0 Å². The van der Waals surface area contributed by atoms with Crippen LogP contribution in [-0.2, 0) is 14.3 Å². The summed E-state index contributed by atoms with van der Waals surface area (Å²) in [6.07, 6.45) is 76.4. The molecule has 0 saturated heterocycles. The van der Waals surface area contributed by atoms with Crippen molar-refractivity contribution in [3.63, 3.8) is 0 Å². The number of aliphatic hydroxyl groups is 2. The van der Waals surface area contributed by atoms with Crippen molar-refractivity contribution >= 4 is 11.9 Å². The molecule has 0 aliphatic heterocycles. The van der Waals surface area contributed by atoms with Gasteiger partial charge in [-0.3, -0.25) is 9.59 Å². The summed E-state index contributed by atoms with van der Waals surface area (Å²) >= 11 is 0. The zero-order valence-electron chi connectivity index (χ0n) is 47.7. The van der Waals surface area contributed by atoms with Crippen molar-refractivity contribution in [2.75, 3.05) is 13.2 Å². The number of amides is 1. The van der Waals surface area contributed by atoms with Gasteiger partial charge in [-0.05, 0) is 83.5 Å². The summed E-state index contributed by atoms with van der Waals surface area (Å²) in [6, 6.07) is -0.625. The number of aliphatic hydroxyl groups excluding tert-OH is 2. The van der Waals surface area contributed by atoms with Crippen LogP contribution in [0.15, 0.2) is 36.5 Å². The molecule has 0 heterocycles. The van der Waals surface area contributed by atoms with Crippen LogP contribution in [0, 0.1) is 0 Å². The molecule has 0 bridgehead atoms. The maximum atomic E-state index is 12.4. The Labute approximate surface area is 443 Å². The molecule has 0 aromatic carbocycles. The Morgan fingerprint density at radius 1 is 0.380 bits per heavy atom. The lowest BCUT2D eigenvalue weighted by Crippen LogP contribution is -2.45. The fraction of sp³-hybridized carbons (Fsp3) is 0.877. The van der Waals surface area contributed by atoms with Crippen LogP contribution in [0.2, 0.25) is 0 Å². The van der Waals surface area contributed by atoms with Crippen molar-refractivity contribution in [3.05, 3.63) is 36.5 Å². The summed E-state index contributed by atoms with van der Waals surface area (Å²) < 4.78 is 5.48. The van der Waals surface area contributed by atoms with Crippen LogP contribution in [0.4, 0.5) is 0 Å². The minimum Gasteiger partial charge on any atom is -0.466 e. The Hall–Kier alpha value is -1.92. The van der Waals surface area contributed by atoms with E-state index < -0.39 is 12.1 Å². The first-order valence-electron chi connectivity index (χ1n) is 31.8. The lowest BCUT2D eigenvalue weighted by Gasteiger charge is -2.20. The van der Waals surface area contributed by atoms with Gasteiger partial charge in [-0.15, -0.1) is 0 Å². The molecule has 2 unspecified atom stereocenters. The Morgan fingerprint density at radius 3 is 1.00 bits per heavy atom. The lowest BCUT2D eigenvalue weighted by molar-refractivity contribution is -0.143. The third-order valence-corrected chi connectivity index (χ3v) is 14.6. The molecule has 0 aromatic rings. The number of rotatable bonds is 59. The van der Waals surface area contributed by atoms with Crippen molar-refractivity contribution in [1.29, 1.82) is 0 Å². The molecule has 0 aromatic heterocycles. The maximum absolute atomic E-state index is 12.4. The number of unbranched alkanes of at least 4 members (excludes halogenated alkanes) is 44. The Bertz CT molecular complexity index is 1150. The van der Waals surface area contributed by atoms with Crippen LogP contribution in [0.3, 0.4) is 0 Å². The number of hydrogen-bond donors (Lipinski definition) is 3. The van der Waals surface area contributed by atoms with Crippen molar-refractivity contribution in [3.8, 4) is 0 Å². The lowest BCUT2D eigenvalue weighted by atomic mass is 10.0. The van der Waals surface area contributed by atoms with Gasteiger partial charge in [0.1, 0.15) is 0 Å². The van der Waals surface area contributed by atoms with Crippen LogP contribution < -0.4 is 5.32 Å². The SMILES string of the molecule is CCCCCCC/C=C\CCCCCCCC(=O)OCCCCCCCCCCCCCC/C=C\CCCCCCCCCCCCCCCCC(=O)NC(CO)C(O)/C=C/CCCCCCCCCC. The van der Waals surface area contributed by atoms with Gasteiger partial charge in [0.05, 0.1) is 25.4 Å². The molecule has 0 fully saturated rings. The van der Waals surface area contributed by atoms with E-state index in [0.29, 0.717) is 19.4 Å². The van der Waals surface area contributed by atoms with Gasteiger partial charge in [0.15, 0.2) is 0 Å². The molecule has 0 spiro atoms. The Morgan fingerprint density at radius 2 is 0.662 bits per heavy atom. The van der Waals surface area contributed by atoms with Crippen LogP contribution in [0.5, 0.6) is 0 Å². The van der Waals surface area contributed by atoms with E-state index in [-0.39, 0.29) is 18.5 Å². The molecule has 1 amide bonds. The molecule has 71 heavy (non-hydrogen) atoms. The highest BCUT2D eigenvalue weighted by Crippen LogP contribution is 2.17. The number of esters is 1. The van der Waals surface area contributed by atoms with E-state index in [9.17, 15) is 19.8 Å². The summed E-state index contributed by atoms with van der Waals surface area (Å²) in [7, 11) is 0. The number of carbonyl (C=O) groups is 2. The molecule has 0 rings (SSSR count). The molecule has 0 aliphatic carbocycles. The van der Waals surface area contributed by atoms with E-state index in [1.54, 1.807) is 6.08 Å². The minimum absolute atomic E-state index is 0.00810. The topological polar surface area (TPSA) is 95.9 Å². The molecule has 6 heteroatoms. The van der Waals surface area contributed by atoms with Crippen LogP contribution >= 0.6 is 0 Å². The third-order valence-electron chi connectivity index (χ3n) is 14.6. The van der Waals surface area contributed by atoms with Gasteiger partial charge in [0, 0.05) is 12.8 Å². The Kier molecular flexibility index (Phi) is 59.0. The van der Waals surface area contributed by atoms with Crippen LogP contribution in [-0.4, -0.2) is 47.4 Å². The second-order valence-corrected chi connectivity index (χ2v) is 21.7. The molecule has 0 aliphatic rings. The van der Waals surface area contributed by atoms with Crippen LogP contribution in [0.25, 0.3) is 0 Å². The highest BCUT2D eigenvalue weighted by molar-refractivity contribution is 5.76. The second-order valence-electron chi connectivity index (χ2n) is 21.7. The number of nitrogens with one attached hydrogen (secondary N) is 1. The van der Waals surface area contributed by atoms with E-state index in [0.717, 1.165) is 44.9 Å². The number of carbonyl (C=O) groups excluding carboxylic acids is 2. The average Bonchev–Trinajstić information content (AvgIpc) is 3.37. The summed E-state index contributed by atoms with van der Waals surface area (Å²) in [5.41, 5.74) is 0. The maximum Gasteiger partial charge on any atom is 0.305 e. The van der Waals surface area contributed by atoms with Gasteiger partial charge >= 0.3 is 5.97 Å². The summed E-state index contributed by atoms with van der Waals surface area (Å²) in [4.78, 5) is 24.5. The first-order chi connectivity index (χ1) is 35.0. The van der Waals surface area contributed by atoms with Gasteiger partial charge in [-0.25, -0.2) is 0 Å². The van der Waals surface area contributed by atoms with Crippen molar-refractivity contribution in [1.82, 2.24) is 5.32 Å². The first-order valence-corrected chi connectivity index (χ1v) is 31.8. The van der Waals surface area contributed by atoms with Gasteiger partial charge in [-0.2, -0.15) is 0 Å². The van der Waals surface area contributed by atoms with Crippen molar-refractivity contribution < 1.29 is 24.5 Å². The highest BCUT2D eigenvalue weighted by Gasteiger charge is 2.18. The zero-order valence-corrected chi connectivity index (χ0v) is 47.7. The summed E-state index contributed by atoms with van der Waals surface area (Å²) in [5, 5.41) is 23.0. The van der Waals surface area contributed by atoms with E-state index in [1.165, 1.54) is 270 Å². The average molecular weight is 999 g/mol. The monoisotopic (exact) mass is 998 g/mol. The smallest absolute Gasteiger partial charge is 0.305 e. The fourth-order valence-electron chi connectivity index (χ4n) is 9.74. The third kappa shape index (κ3) is 57.2.